The molecule has 0 amide bonds. The summed E-state index contributed by atoms with van der Waals surface area (Å²) >= 11 is 4.00. The lowest BCUT2D eigenvalue weighted by Crippen LogP contribution is -2.60. The Morgan fingerprint density at radius 3 is 2.25 bits per heavy atom. The molecule has 2 rings (SSSR count). The van der Waals surface area contributed by atoms with E-state index in [4.69, 9.17) is 9.47 Å². The molecule has 0 radical (unpaired) electrons. The summed E-state index contributed by atoms with van der Waals surface area (Å²) in [6.45, 7) is 9.99. The van der Waals surface area contributed by atoms with E-state index in [9.17, 15) is 14.7 Å². The molecule has 0 bridgehead atoms. The molecule has 1 atom stereocenters. The maximum Gasteiger partial charge on any atom is 0.347 e. The Morgan fingerprint density at radius 2 is 1.71 bits per heavy atom. The van der Waals surface area contributed by atoms with Crippen LogP contribution in [0.15, 0.2) is 12.1 Å². The summed E-state index contributed by atoms with van der Waals surface area (Å²) in [5, 5.41) is 10.1. The number of halogens is 2. The zero-order valence-electron chi connectivity index (χ0n) is 17.0. The van der Waals surface area contributed by atoms with E-state index in [1.165, 1.54) is 13.0 Å². The van der Waals surface area contributed by atoms with Crippen LogP contribution < -0.4 is 0 Å². The Bertz CT molecular complexity index is 760. The van der Waals surface area contributed by atoms with Crippen LogP contribution in [0.2, 0.25) is 0 Å². The number of aromatic hydroxyl groups is 1. The molecule has 1 aliphatic heterocycles. The van der Waals surface area contributed by atoms with Crippen molar-refractivity contribution in [3.05, 3.63) is 24.8 Å². The van der Waals surface area contributed by atoms with Crippen molar-refractivity contribution in [1.82, 2.24) is 4.90 Å². The van der Waals surface area contributed by atoms with Crippen molar-refractivity contribution in [2.24, 2.45) is 0 Å². The second kappa shape index (κ2) is 8.63. The molecule has 0 spiro atoms. The number of carbonyl (C=O) groups excluding carboxylic acids is 2. The molecule has 1 saturated heterocycles. The average Bonchev–Trinajstić information content (AvgIpc) is 2.55. The third-order valence-electron chi connectivity index (χ3n) is 5.42. The van der Waals surface area contributed by atoms with Crippen molar-refractivity contribution in [3.63, 3.8) is 0 Å². The second-order valence-corrected chi connectivity index (χ2v) is 10.9. The Hall–Kier alpha value is -0.620. The highest BCUT2D eigenvalue weighted by Crippen LogP contribution is 2.38. The average molecular weight is 615 g/mol. The quantitative estimate of drug-likeness (QED) is 0.402. The third kappa shape index (κ3) is 5.29. The summed E-state index contributed by atoms with van der Waals surface area (Å²) < 4.78 is 12.3. The van der Waals surface area contributed by atoms with E-state index in [-0.39, 0.29) is 28.5 Å². The SMILES string of the molecule is CC(OC(=O)c1cc(I)cc(I)c1O)C(=O)OC1CC(C)(C)N(C)C(C)(C)C1. The monoisotopic (exact) mass is 615 g/mol. The number of esters is 2. The van der Waals surface area contributed by atoms with Crippen LogP contribution in [0.25, 0.3) is 0 Å². The molecule has 1 aromatic carbocycles. The molecule has 0 aliphatic carbocycles. The smallest absolute Gasteiger partial charge is 0.347 e. The van der Waals surface area contributed by atoms with Crippen LogP contribution in [0.3, 0.4) is 0 Å². The highest BCUT2D eigenvalue weighted by Gasteiger charge is 2.44. The number of piperidine rings is 1. The highest BCUT2D eigenvalue weighted by atomic mass is 127. The van der Waals surface area contributed by atoms with E-state index < -0.39 is 18.0 Å². The Kier molecular flexibility index (Phi) is 7.29. The van der Waals surface area contributed by atoms with Crippen molar-refractivity contribution in [2.75, 3.05) is 7.05 Å². The van der Waals surface area contributed by atoms with Crippen molar-refractivity contribution in [1.29, 1.82) is 0 Å². The fourth-order valence-corrected chi connectivity index (χ4v) is 5.46. The molecule has 1 aromatic rings. The number of ether oxygens (including phenoxy) is 2. The Morgan fingerprint density at radius 1 is 1.18 bits per heavy atom. The predicted molar refractivity (Wildman–Crippen MR) is 123 cm³/mol. The topological polar surface area (TPSA) is 76.1 Å². The Labute approximate surface area is 193 Å². The number of hydrogen-bond acceptors (Lipinski definition) is 6. The lowest BCUT2D eigenvalue weighted by molar-refractivity contribution is -0.167. The van der Waals surface area contributed by atoms with Gasteiger partial charge in [0.2, 0.25) is 0 Å². The van der Waals surface area contributed by atoms with Crippen LogP contribution in [0.4, 0.5) is 0 Å². The summed E-state index contributed by atoms with van der Waals surface area (Å²) in [7, 11) is 2.08. The van der Waals surface area contributed by atoms with Gasteiger partial charge >= 0.3 is 11.9 Å². The van der Waals surface area contributed by atoms with Gasteiger partial charge in [0.15, 0.2) is 6.10 Å². The number of carbonyl (C=O) groups is 2. The van der Waals surface area contributed by atoms with Crippen molar-refractivity contribution < 1.29 is 24.2 Å². The van der Waals surface area contributed by atoms with E-state index in [1.54, 1.807) is 6.07 Å². The molecule has 0 aromatic heterocycles. The van der Waals surface area contributed by atoms with Gasteiger partial charge in [-0.25, -0.2) is 9.59 Å². The summed E-state index contributed by atoms with van der Waals surface area (Å²) in [5.41, 5.74) is -0.191. The molecule has 1 heterocycles. The van der Waals surface area contributed by atoms with Crippen LogP contribution in [0.1, 0.15) is 57.8 Å². The zero-order chi connectivity index (χ0) is 21.4. The minimum atomic E-state index is -1.06. The molecule has 1 unspecified atom stereocenters. The lowest BCUT2D eigenvalue weighted by atomic mass is 9.79. The summed E-state index contributed by atoms with van der Waals surface area (Å²) in [6.07, 6.45) is 0.0971. The minimum absolute atomic E-state index is 0.0394. The fraction of sp³-hybridized carbons (Fsp3) is 0.600. The van der Waals surface area contributed by atoms with Gasteiger partial charge in [-0.1, -0.05) is 0 Å². The van der Waals surface area contributed by atoms with Gasteiger partial charge in [0.25, 0.3) is 0 Å². The van der Waals surface area contributed by atoms with Gasteiger partial charge < -0.3 is 14.6 Å². The summed E-state index contributed by atoms with van der Waals surface area (Å²) in [5.74, 6) is -1.47. The molecular formula is C20H27I2NO5. The number of rotatable bonds is 4. The lowest BCUT2D eigenvalue weighted by Gasteiger charge is -2.53. The maximum absolute atomic E-state index is 12.5. The van der Waals surface area contributed by atoms with Crippen LogP contribution >= 0.6 is 45.2 Å². The molecule has 1 N–H and O–H groups in total. The molecule has 6 nitrogen and oxygen atoms in total. The number of phenolic OH excluding ortho intramolecular Hbond substituents is 1. The number of nitrogens with zero attached hydrogens (tertiary/aromatic N) is 1. The fourth-order valence-electron chi connectivity index (χ4n) is 3.62. The zero-order valence-corrected chi connectivity index (χ0v) is 21.3. The van der Waals surface area contributed by atoms with E-state index in [0.717, 1.165) is 3.57 Å². The standard InChI is InChI=1S/C20H27I2NO5/c1-11(27-18(26)14-7-12(21)8-15(22)16(14)24)17(25)28-13-9-19(2,3)23(6)20(4,5)10-13/h7-8,11,13,24H,9-10H2,1-6H3. The molecule has 8 heteroatoms. The van der Waals surface area contributed by atoms with Gasteiger partial charge in [-0.3, -0.25) is 4.90 Å². The van der Waals surface area contributed by atoms with E-state index in [2.05, 4.69) is 62.2 Å². The van der Waals surface area contributed by atoms with Crippen molar-refractivity contribution >= 4 is 57.1 Å². The first-order chi connectivity index (χ1) is 12.7. The van der Waals surface area contributed by atoms with Gasteiger partial charge in [0.05, 0.1) is 3.57 Å². The van der Waals surface area contributed by atoms with Gasteiger partial charge in [-0.2, -0.15) is 0 Å². The van der Waals surface area contributed by atoms with E-state index >= 15 is 0 Å². The van der Waals surface area contributed by atoms with Crippen LogP contribution in [-0.2, 0) is 14.3 Å². The predicted octanol–water partition coefficient (Wildman–Crippen LogP) is 4.34. The van der Waals surface area contributed by atoms with Gasteiger partial charge in [-0.15, -0.1) is 0 Å². The number of likely N-dealkylation sites (tertiary alicyclic amines) is 1. The van der Waals surface area contributed by atoms with Crippen LogP contribution in [0, 0.1) is 7.14 Å². The second-order valence-electron chi connectivity index (χ2n) is 8.48. The third-order valence-corrected chi connectivity index (χ3v) is 6.86. The largest absolute Gasteiger partial charge is 0.506 e. The maximum atomic E-state index is 12.5. The summed E-state index contributed by atoms with van der Waals surface area (Å²) in [6, 6.07) is 3.27. The number of phenols is 1. The van der Waals surface area contributed by atoms with E-state index in [0.29, 0.717) is 16.4 Å². The molecule has 156 valence electrons. The molecular weight excluding hydrogens is 588 g/mol. The molecule has 1 fully saturated rings. The molecule has 0 saturated carbocycles. The molecule has 28 heavy (non-hydrogen) atoms. The Balaban J connectivity index is 2.04. The normalized spacial score (nSPS) is 20.4. The first-order valence-electron chi connectivity index (χ1n) is 9.08. The highest BCUT2D eigenvalue weighted by molar-refractivity contribution is 14.1. The van der Waals surface area contributed by atoms with Crippen molar-refractivity contribution in [3.8, 4) is 5.75 Å². The minimum Gasteiger partial charge on any atom is -0.506 e. The van der Waals surface area contributed by atoms with Crippen LogP contribution in [0.5, 0.6) is 5.75 Å². The number of hydrogen-bond donors (Lipinski definition) is 1. The first kappa shape index (κ1) is 23.7. The summed E-state index contributed by atoms with van der Waals surface area (Å²) in [4.78, 5) is 27.2. The van der Waals surface area contributed by atoms with Gasteiger partial charge in [0, 0.05) is 27.5 Å². The van der Waals surface area contributed by atoms with Gasteiger partial charge in [0.1, 0.15) is 17.4 Å². The van der Waals surface area contributed by atoms with E-state index in [1.807, 2.05) is 22.6 Å². The van der Waals surface area contributed by atoms with Crippen LogP contribution in [-0.4, -0.2) is 52.3 Å². The van der Waals surface area contributed by atoms with Crippen molar-refractivity contribution in [2.45, 2.75) is 70.7 Å². The first-order valence-corrected chi connectivity index (χ1v) is 11.2. The number of benzene rings is 1. The van der Waals surface area contributed by atoms with Gasteiger partial charge in [-0.05, 0) is 99.0 Å². The molecule has 1 aliphatic rings.